The maximum absolute atomic E-state index is 12.6. The number of nitrogens with one attached hydrogen (secondary N) is 1. The van der Waals surface area contributed by atoms with Crippen LogP contribution in [0.2, 0.25) is 0 Å². The second kappa shape index (κ2) is 9.39. The number of hydrogen-bond acceptors (Lipinski definition) is 4. The van der Waals surface area contributed by atoms with Crippen LogP contribution in [0.3, 0.4) is 0 Å². The third-order valence-electron chi connectivity index (χ3n) is 3.80. The van der Waals surface area contributed by atoms with Crippen molar-refractivity contribution >= 4 is 17.9 Å². The quantitative estimate of drug-likeness (QED) is 0.592. The molecule has 0 aliphatic rings. The van der Waals surface area contributed by atoms with Crippen molar-refractivity contribution in [3.8, 4) is 5.75 Å². The Balaban J connectivity index is 1.91. The van der Waals surface area contributed by atoms with Gasteiger partial charge in [0.25, 0.3) is 11.8 Å². The Morgan fingerprint density at radius 1 is 1.15 bits per heavy atom. The lowest BCUT2D eigenvalue weighted by Crippen LogP contribution is -2.31. The lowest BCUT2D eigenvalue weighted by molar-refractivity contribution is 0.0705. The molecule has 0 aromatic heterocycles. The van der Waals surface area contributed by atoms with E-state index in [1.165, 1.54) is 0 Å². The number of hydroxylamine groups is 1. The van der Waals surface area contributed by atoms with Gasteiger partial charge in [-0.2, -0.15) is 0 Å². The monoisotopic (exact) mass is 354 g/mol. The molecule has 0 bridgehead atoms. The van der Waals surface area contributed by atoms with E-state index < -0.39 is 5.91 Å². The maximum atomic E-state index is 12.6. The minimum atomic E-state index is -0.582. The number of nitrogens with zero attached hydrogens (tertiary/aromatic N) is 1. The Bertz CT molecular complexity index is 785. The average Bonchev–Trinajstić information content (AvgIpc) is 2.68. The van der Waals surface area contributed by atoms with Crippen molar-refractivity contribution in [2.75, 3.05) is 20.2 Å². The molecule has 26 heavy (non-hydrogen) atoms. The number of carbonyl (C=O) groups excluding carboxylic acids is 2. The van der Waals surface area contributed by atoms with Gasteiger partial charge in [0.05, 0.1) is 6.54 Å². The van der Waals surface area contributed by atoms with E-state index in [0.717, 1.165) is 5.56 Å². The molecule has 0 aliphatic heterocycles. The zero-order valence-electron chi connectivity index (χ0n) is 14.8. The van der Waals surface area contributed by atoms with E-state index in [9.17, 15) is 9.59 Å². The Hall–Kier alpha value is -3.12. The first kappa shape index (κ1) is 19.2. The Kier molecular flexibility index (Phi) is 6.93. The van der Waals surface area contributed by atoms with Gasteiger partial charge in [0.2, 0.25) is 0 Å². The predicted molar refractivity (Wildman–Crippen MR) is 99.3 cm³/mol. The molecule has 0 atom stereocenters. The van der Waals surface area contributed by atoms with Crippen LogP contribution in [0.25, 0.3) is 6.08 Å². The van der Waals surface area contributed by atoms with E-state index in [0.29, 0.717) is 30.0 Å². The number of rotatable bonds is 7. The Morgan fingerprint density at radius 2 is 1.85 bits per heavy atom. The smallest absolute Gasteiger partial charge is 0.274 e. The van der Waals surface area contributed by atoms with Gasteiger partial charge >= 0.3 is 0 Å². The number of amides is 2. The summed E-state index contributed by atoms with van der Waals surface area (Å²) in [4.78, 5) is 25.5. The molecule has 0 radical (unpaired) electrons. The topological polar surface area (TPSA) is 78.9 Å². The SMILES string of the molecule is C/C=C/c1ccccc1C(=O)N(C)CCOc1ccc(C(=O)NO)cc1. The molecule has 2 N–H and O–H groups in total. The summed E-state index contributed by atoms with van der Waals surface area (Å²) in [6.07, 6.45) is 3.80. The van der Waals surface area contributed by atoms with E-state index in [1.54, 1.807) is 47.8 Å². The van der Waals surface area contributed by atoms with Gasteiger partial charge in [-0.15, -0.1) is 0 Å². The number of allylic oxidation sites excluding steroid dienone is 1. The molecule has 6 nitrogen and oxygen atoms in total. The first-order chi connectivity index (χ1) is 12.6. The molecule has 2 aromatic carbocycles. The van der Waals surface area contributed by atoms with Gasteiger partial charge in [-0.05, 0) is 42.8 Å². The highest BCUT2D eigenvalue weighted by Gasteiger charge is 2.14. The van der Waals surface area contributed by atoms with E-state index in [4.69, 9.17) is 9.94 Å². The number of hydrogen-bond donors (Lipinski definition) is 2. The molecule has 0 heterocycles. The summed E-state index contributed by atoms with van der Waals surface area (Å²) in [6, 6.07) is 13.8. The molecule has 0 fully saturated rings. The summed E-state index contributed by atoms with van der Waals surface area (Å²) >= 11 is 0. The number of carbonyl (C=O) groups is 2. The first-order valence-electron chi connectivity index (χ1n) is 8.21. The normalized spacial score (nSPS) is 10.6. The van der Waals surface area contributed by atoms with E-state index in [1.807, 2.05) is 37.3 Å². The van der Waals surface area contributed by atoms with Gasteiger partial charge in [0.1, 0.15) is 12.4 Å². The predicted octanol–water partition coefficient (Wildman–Crippen LogP) is 2.99. The third-order valence-corrected chi connectivity index (χ3v) is 3.80. The highest BCUT2D eigenvalue weighted by molar-refractivity contribution is 5.97. The second-order valence-corrected chi connectivity index (χ2v) is 5.63. The summed E-state index contributed by atoms with van der Waals surface area (Å²) in [5, 5.41) is 8.59. The van der Waals surface area contributed by atoms with Crippen molar-refractivity contribution in [3.05, 3.63) is 71.3 Å². The summed E-state index contributed by atoms with van der Waals surface area (Å²) in [7, 11) is 1.73. The standard InChI is InChI=1S/C20H22N2O4/c1-3-6-15-7-4-5-8-18(15)20(24)22(2)13-14-26-17-11-9-16(10-12-17)19(23)21-25/h3-12,25H,13-14H2,1-2H3,(H,21,23)/b6-3+. The molecule has 0 saturated carbocycles. The molecule has 0 aliphatic carbocycles. The largest absolute Gasteiger partial charge is 0.492 e. The molecule has 2 amide bonds. The summed E-state index contributed by atoms with van der Waals surface area (Å²) in [5.74, 6) is -0.0754. The summed E-state index contributed by atoms with van der Waals surface area (Å²) < 4.78 is 5.61. The molecule has 0 unspecified atom stereocenters. The highest BCUT2D eigenvalue weighted by Crippen LogP contribution is 2.14. The Morgan fingerprint density at radius 3 is 2.50 bits per heavy atom. The molecule has 2 rings (SSSR count). The van der Waals surface area contributed by atoms with Gasteiger partial charge in [0.15, 0.2) is 0 Å². The van der Waals surface area contributed by atoms with Crippen LogP contribution in [0, 0.1) is 0 Å². The van der Waals surface area contributed by atoms with E-state index in [2.05, 4.69) is 0 Å². The summed E-state index contributed by atoms with van der Waals surface area (Å²) in [5.41, 5.74) is 3.42. The summed E-state index contributed by atoms with van der Waals surface area (Å²) in [6.45, 7) is 2.65. The van der Waals surface area contributed by atoms with Crippen LogP contribution in [-0.2, 0) is 0 Å². The lowest BCUT2D eigenvalue weighted by atomic mass is 10.1. The second-order valence-electron chi connectivity index (χ2n) is 5.63. The number of ether oxygens (including phenoxy) is 1. The first-order valence-corrected chi connectivity index (χ1v) is 8.21. The molecule has 2 aromatic rings. The number of likely N-dealkylation sites (N-methyl/N-ethyl adjacent to an activating group) is 1. The molecule has 0 saturated heterocycles. The van der Waals surface area contributed by atoms with E-state index >= 15 is 0 Å². The van der Waals surface area contributed by atoms with Gasteiger partial charge in [-0.1, -0.05) is 30.4 Å². The molecule has 136 valence electrons. The molecular weight excluding hydrogens is 332 g/mol. The van der Waals surface area contributed by atoms with Crippen molar-refractivity contribution in [3.63, 3.8) is 0 Å². The molecular formula is C20H22N2O4. The third kappa shape index (κ3) is 4.94. The van der Waals surface area contributed by atoms with Gasteiger partial charge in [0, 0.05) is 18.2 Å². The van der Waals surface area contributed by atoms with Crippen LogP contribution >= 0.6 is 0 Å². The van der Waals surface area contributed by atoms with Crippen molar-refractivity contribution in [2.24, 2.45) is 0 Å². The minimum Gasteiger partial charge on any atom is -0.492 e. The number of benzene rings is 2. The van der Waals surface area contributed by atoms with Crippen molar-refractivity contribution in [1.29, 1.82) is 0 Å². The fourth-order valence-corrected chi connectivity index (χ4v) is 2.39. The fourth-order valence-electron chi connectivity index (χ4n) is 2.39. The zero-order valence-corrected chi connectivity index (χ0v) is 14.8. The van der Waals surface area contributed by atoms with Crippen LogP contribution in [0.5, 0.6) is 5.75 Å². The zero-order chi connectivity index (χ0) is 18.9. The fraction of sp³-hybridized carbons (Fsp3) is 0.200. The van der Waals surface area contributed by atoms with Crippen LogP contribution in [0.4, 0.5) is 0 Å². The van der Waals surface area contributed by atoms with Gasteiger partial charge in [-0.25, -0.2) is 5.48 Å². The lowest BCUT2D eigenvalue weighted by Gasteiger charge is -2.18. The van der Waals surface area contributed by atoms with Crippen LogP contribution in [0.1, 0.15) is 33.2 Å². The van der Waals surface area contributed by atoms with Crippen molar-refractivity contribution in [1.82, 2.24) is 10.4 Å². The molecule has 0 spiro atoms. The average molecular weight is 354 g/mol. The maximum Gasteiger partial charge on any atom is 0.274 e. The molecule has 6 heteroatoms. The van der Waals surface area contributed by atoms with Crippen molar-refractivity contribution < 1.29 is 19.5 Å². The van der Waals surface area contributed by atoms with Gasteiger partial charge < -0.3 is 9.64 Å². The van der Waals surface area contributed by atoms with Crippen LogP contribution < -0.4 is 10.2 Å². The van der Waals surface area contributed by atoms with Crippen LogP contribution in [-0.4, -0.2) is 42.1 Å². The highest BCUT2D eigenvalue weighted by atomic mass is 16.5. The van der Waals surface area contributed by atoms with Gasteiger partial charge in [-0.3, -0.25) is 14.8 Å². The van der Waals surface area contributed by atoms with Crippen molar-refractivity contribution in [2.45, 2.75) is 6.92 Å². The van der Waals surface area contributed by atoms with E-state index in [-0.39, 0.29) is 5.91 Å². The minimum absolute atomic E-state index is 0.0720. The Labute approximate surface area is 152 Å². The van der Waals surface area contributed by atoms with Crippen LogP contribution in [0.15, 0.2) is 54.6 Å².